The summed E-state index contributed by atoms with van der Waals surface area (Å²) in [5.41, 5.74) is 1.29. The second-order valence-corrected chi connectivity index (χ2v) is 7.54. The highest BCUT2D eigenvalue weighted by Crippen LogP contribution is 2.28. The van der Waals surface area contributed by atoms with Crippen LogP contribution < -0.4 is 9.80 Å². The Morgan fingerprint density at radius 2 is 1.83 bits per heavy atom. The van der Waals surface area contributed by atoms with Crippen LogP contribution >= 0.6 is 11.6 Å². The first-order chi connectivity index (χ1) is 14.1. The van der Waals surface area contributed by atoms with E-state index in [0.29, 0.717) is 55.5 Å². The fourth-order valence-corrected chi connectivity index (χ4v) is 4.01. The maximum atomic E-state index is 13.0. The number of nitriles is 1. The fraction of sp³-hybridized carbons (Fsp3) is 0.333. The molecule has 8 heteroatoms. The minimum absolute atomic E-state index is 0.118. The average molecular weight is 410 g/mol. The molecule has 0 saturated carbocycles. The van der Waals surface area contributed by atoms with Gasteiger partial charge in [-0.15, -0.1) is 0 Å². The van der Waals surface area contributed by atoms with E-state index in [4.69, 9.17) is 11.6 Å². The SMILES string of the molecule is N#Cc1cccnc1N1CCN(C(=O)C2CCN(c3ccc(Cl)cc3)C2=O)CC1. The van der Waals surface area contributed by atoms with E-state index in [0.717, 1.165) is 5.69 Å². The Labute approximate surface area is 174 Å². The number of anilines is 2. The predicted octanol–water partition coefficient (Wildman–Crippen LogP) is 2.31. The van der Waals surface area contributed by atoms with Crippen molar-refractivity contribution in [1.29, 1.82) is 5.26 Å². The number of carbonyl (C=O) groups is 2. The highest BCUT2D eigenvalue weighted by atomic mass is 35.5. The smallest absolute Gasteiger partial charge is 0.239 e. The Balaban J connectivity index is 1.39. The molecular weight excluding hydrogens is 390 g/mol. The summed E-state index contributed by atoms with van der Waals surface area (Å²) in [7, 11) is 0. The standard InChI is InChI=1S/C21H20ClN5O2/c22-16-3-5-17(6-4-16)27-9-7-18(21(27)29)20(28)26-12-10-25(11-13-26)19-15(14-23)2-1-8-24-19/h1-6,8,18H,7,9-13H2. The molecule has 0 radical (unpaired) electrons. The minimum Gasteiger partial charge on any atom is -0.352 e. The van der Waals surface area contributed by atoms with Gasteiger partial charge in [0.25, 0.3) is 0 Å². The van der Waals surface area contributed by atoms with E-state index >= 15 is 0 Å². The molecule has 29 heavy (non-hydrogen) atoms. The zero-order valence-electron chi connectivity index (χ0n) is 15.8. The third-order valence-corrected chi connectivity index (χ3v) is 5.69. The number of carbonyl (C=O) groups excluding carboxylic acids is 2. The summed E-state index contributed by atoms with van der Waals surface area (Å²) in [6.07, 6.45) is 2.18. The molecule has 0 N–H and O–H groups in total. The van der Waals surface area contributed by atoms with Gasteiger partial charge in [-0.2, -0.15) is 5.26 Å². The van der Waals surface area contributed by atoms with Gasteiger partial charge in [0.05, 0.1) is 5.56 Å². The monoisotopic (exact) mass is 409 g/mol. The van der Waals surface area contributed by atoms with Crippen LogP contribution in [0.3, 0.4) is 0 Å². The molecule has 2 saturated heterocycles. The van der Waals surface area contributed by atoms with E-state index in [1.54, 1.807) is 52.4 Å². The topological polar surface area (TPSA) is 80.5 Å². The number of pyridine rings is 1. The summed E-state index contributed by atoms with van der Waals surface area (Å²) in [5, 5.41) is 9.87. The number of hydrogen-bond acceptors (Lipinski definition) is 5. The zero-order chi connectivity index (χ0) is 20.4. The minimum atomic E-state index is -0.637. The lowest BCUT2D eigenvalue weighted by Gasteiger charge is -2.36. The number of amides is 2. The van der Waals surface area contributed by atoms with Gasteiger partial charge in [-0.3, -0.25) is 9.59 Å². The molecule has 1 aromatic carbocycles. The van der Waals surface area contributed by atoms with E-state index in [-0.39, 0.29) is 11.8 Å². The fourth-order valence-electron chi connectivity index (χ4n) is 3.88. The largest absolute Gasteiger partial charge is 0.352 e. The van der Waals surface area contributed by atoms with Gasteiger partial charge in [0.1, 0.15) is 17.8 Å². The third-order valence-electron chi connectivity index (χ3n) is 5.44. The van der Waals surface area contributed by atoms with Crippen LogP contribution in [0.25, 0.3) is 0 Å². The van der Waals surface area contributed by atoms with Gasteiger partial charge < -0.3 is 14.7 Å². The Morgan fingerprint density at radius 3 is 2.52 bits per heavy atom. The summed E-state index contributed by atoms with van der Waals surface area (Å²) in [5.74, 6) is -0.265. The van der Waals surface area contributed by atoms with E-state index in [1.165, 1.54) is 0 Å². The van der Waals surface area contributed by atoms with Gasteiger partial charge in [-0.05, 0) is 42.8 Å². The lowest BCUT2D eigenvalue weighted by Crippen LogP contribution is -2.51. The zero-order valence-corrected chi connectivity index (χ0v) is 16.5. The molecule has 4 rings (SSSR count). The first kappa shape index (κ1) is 19.2. The van der Waals surface area contributed by atoms with Crippen LogP contribution in [0, 0.1) is 17.2 Å². The van der Waals surface area contributed by atoms with E-state index in [1.807, 2.05) is 4.90 Å². The van der Waals surface area contributed by atoms with Crippen molar-refractivity contribution in [3.05, 3.63) is 53.2 Å². The van der Waals surface area contributed by atoms with E-state index in [9.17, 15) is 14.9 Å². The second kappa shape index (κ2) is 8.10. The summed E-state index contributed by atoms with van der Waals surface area (Å²) in [6.45, 7) is 2.70. The van der Waals surface area contributed by atoms with E-state index in [2.05, 4.69) is 11.1 Å². The summed E-state index contributed by atoms with van der Waals surface area (Å²) in [4.78, 5) is 35.5. The molecule has 2 aliphatic rings. The predicted molar refractivity (Wildman–Crippen MR) is 110 cm³/mol. The maximum Gasteiger partial charge on any atom is 0.239 e. The molecule has 2 fully saturated rings. The lowest BCUT2D eigenvalue weighted by molar-refractivity contribution is -0.140. The normalized spacial score (nSPS) is 19.4. The van der Waals surface area contributed by atoms with Crippen LogP contribution in [-0.4, -0.2) is 54.4 Å². The van der Waals surface area contributed by atoms with Crippen LogP contribution in [-0.2, 0) is 9.59 Å². The Morgan fingerprint density at radius 1 is 1.10 bits per heavy atom. The number of rotatable bonds is 3. The molecule has 2 amide bonds. The highest BCUT2D eigenvalue weighted by Gasteiger charge is 2.40. The first-order valence-electron chi connectivity index (χ1n) is 9.54. The van der Waals surface area contributed by atoms with Crippen LogP contribution in [0.2, 0.25) is 5.02 Å². The number of aromatic nitrogens is 1. The summed E-state index contributed by atoms with van der Waals surface area (Å²) < 4.78 is 0. The number of halogens is 1. The van der Waals surface area contributed by atoms with Gasteiger partial charge in [0.2, 0.25) is 11.8 Å². The van der Waals surface area contributed by atoms with Crippen molar-refractivity contribution in [2.75, 3.05) is 42.5 Å². The van der Waals surface area contributed by atoms with Crippen molar-refractivity contribution in [2.45, 2.75) is 6.42 Å². The lowest BCUT2D eigenvalue weighted by atomic mass is 10.1. The molecule has 2 aliphatic heterocycles. The van der Waals surface area contributed by atoms with Crippen LogP contribution in [0.4, 0.5) is 11.5 Å². The quantitative estimate of drug-likeness (QED) is 0.727. The van der Waals surface area contributed by atoms with Crippen molar-refractivity contribution >= 4 is 34.9 Å². The van der Waals surface area contributed by atoms with Crippen molar-refractivity contribution < 1.29 is 9.59 Å². The van der Waals surface area contributed by atoms with Crippen LogP contribution in [0.5, 0.6) is 0 Å². The van der Waals surface area contributed by atoms with Gasteiger partial charge in [0.15, 0.2) is 0 Å². The van der Waals surface area contributed by atoms with Gasteiger partial charge in [0, 0.05) is 49.6 Å². The van der Waals surface area contributed by atoms with Gasteiger partial charge in [-0.1, -0.05) is 11.6 Å². The molecule has 1 aromatic heterocycles. The van der Waals surface area contributed by atoms with Crippen molar-refractivity contribution in [1.82, 2.24) is 9.88 Å². The van der Waals surface area contributed by atoms with E-state index < -0.39 is 5.92 Å². The summed E-state index contributed by atoms with van der Waals surface area (Å²) in [6, 6.07) is 12.7. The maximum absolute atomic E-state index is 13.0. The molecule has 0 spiro atoms. The average Bonchev–Trinajstić information content (AvgIpc) is 3.15. The van der Waals surface area contributed by atoms with Crippen molar-refractivity contribution in [3.63, 3.8) is 0 Å². The molecule has 3 heterocycles. The number of nitrogens with zero attached hydrogens (tertiary/aromatic N) is 5. The van der Waals surface area contributed by atoms with Crippen LogP contribution in [0.1, 0.15) is 12.0 Å². The number of hydrogen-bond donors (Lipinski definition) is 0. The van der Waals surface area contributed by atoms with Gasteiger partial charge >= 0.3 is 0 Å². The Bertz CT molecular complexity index is 964. The molecule has 0 bridgehead atoms. The van der Waals surface area contributed by atoms with Crippen molar-refractivity contribution in [3.8, 4) is 6.07 Å². The molecule has 2 aromatic rings. The molecule has 0 aliphatic carbocycles. The van der Waals surface area contributed by atoms with Crippen LogP contribution in [0.15, 0.2) is 42.6 Å². The molecule has 148 valence electrons. The van der Waals surface area contributed by atoms with Crippen molar-refractivity contribution in [2.24, 2.45) is 5.92 Å². The highest BCUT2D eigenvalue weighted by molar-refractivity contribution is 6.30. The first-order valence-corrected chi connectivity index (χ1v) is 9.92. The summed E-state index contributed by atoms with van der Waals surface area (Å²) >= 11 is 5.92. The van der Waals surface area contributed by atoms with Gasteiger partial charge in [-0.25, -0.2) is 4.98 Å². The third kappa shape index (κ3) is 3.76. The Hall–Kier alpha value is -3.11. The Kier molecular flexibility index (Phi) is 5.36. The second-order valence-electron chi connectivity index (χ2n) is 7.11. The molecular formula is C21H20ClN5O2. The molecule has 1 unspecified atom stereocenters. The molecule has 1 atom stereocenters. The number of piperazine rings is 1. The molecule has 7 nitrogen and oxygen atoms in total. The number of benzene rings is 1.